The van der Waals surface area contributed by atoms with Crippen LogP contribution in [-0.2, 0) is 4.79 Å². The summed E-state index contributed by atoms with van der Waals surface area (Å²) in [5.74, 6) is 0.683. The third-order valence-corrected chi connectivity index (χ3v) is 4.24. The fourth-order valence-corrected chi connectivity index (χ4v) is 2.81. The highest BCUT2D eigenvalue weighted by molar-refractivity contribution is 5.83. The minimum absolute atomic E-state index is 0.195. The molecule has 3 heteroatoms. The maximum absolute atomic E-state index is 12.4. The lowest BCUT2D eigenvalue weighted by Gasteiger charge is -2.36. The highest BCUT2D eigenvalue weighted by Crippen LogP contribution is 2.35. The Bertz CT molecular complexity index is 245. The highest BCUT2D eigenvalue weighted by atomic mass is 16.2. The van der Waals surface area contributed by atoms with Crippen molar-refractivity contribution in [2.45, 2.75) is 65.3 Å². The molecule has 0 aromatic heterocycles. The smallest absolute Gasteiger partial charge is 0.227 e. The summed E-state index contributed by atoms with van der Waals surface area (Å²) in [6.45, 7) is 6.93. The van der Waals surface area contributed by atoms with Gasteiger partial charge in [-0.15, -0.1) is 0 Å². The predicted octanol–water partition coefficient (Wildman–Crippen LogP) is 2.45. The van der Waals surface area contributed by atoms with E-state index in [1.165, 1.54) is 6.42 Å². The van der Waals surface area contributed by atoms with E-state index in [1.54, 1.807) is 0 Å². The van der Waals surface area contributed by atoms with Crippen molar-refractivity contribution in [3.8, 4) is 0 Å². The van der Waals surface area contributed by atoms with Gasteiger partial charge in [0.1, 0.15) is 0 Å². The predicted molar refractivity (Wildman–Crippen MR) is 71.6 cm³/mol. The first-order valence-corrected chi connectivity index (χ1v) is 7.07. The van der Waals surface area contributed by atoms with Crippen LogP contribution in [0.2, 0.25) is 0 Å². The first-order valence-electron chi connectivity index (χ1n) is 7.07. The molecule has 1 amide bonds. The average molecular weight is 240 g/mol. The van der Waals surface area contributed by atoms with Crippen LogP contribution >= 0.6 is 0 Å². The minimum atomic E-state index is -0.277. The molecule has 1 atom stereocenters. The van der Waals surface area contributed by atoms with Crippen LogP contribution in [0, 0.1) is 11.3 Å². The summed E-state index contributed by atoms with van der Waals surface area (Å²) < 4.78 is 0. The van der Waals surface area contributed by atoms with Gasteiger partial charge in [-0.3, -0.25) is 4.79 Å². The Morgan fingerprint density at radius 2 is 1.88 bits per heavy atom. The number of carbonyl (C=O) groups is 1. The molecule has 0 spiro atoms. The quantitative estimate of drug-likeness (QED) is 0.775. The zero-order valence-corrected chi connectivity index (χ0v) is 11.6. The molecule has 3 N–H and O–H groups in total. The summed E-state index contributed by atoms with van der Waals surface area (Å²) in [4.78, 5) is 12.4. The van der Waals surface area contributed by atoms with Crippen LogP contribution in [0.5, 0.6) is 0 Å². The van der Waals surface area contributed by atoms with Crippen molar-refractivity contribution in [1.29, 1.82) is 0 Å². The zero-order chi connectivity index (χ0) is 12.9. The maximum atomic E-state index is 12.4. The standard InChI is InChI=1S/C14H28N2O/c1-4-12(11(2)3)16-13(17)14(10-15)8-6-5-7-9-14/h11-12H,4-10,15H2,1-3H3,(H,16,17). The van der Waals surface area contributed by atoms with Gasteiger partial charge in [0, 0.05) is 12.6 Å². The molecule has 0 bridgehead atoms. The van der Waals surface area contributed by atoms with Gasteiger partial charge in [0.15, 0.2) is 0 Å². The molecule has 1 rings (SSSR count). The van der Waals surface area contributed by atoms with E-state index in [-0.39, 0.29) is 17.4 Å². The van der Waals surface area contributed by atoms with Gasteiger partial charge in [-0.2, -0.15) is 0 Å². The molecule has 1 aliphatic carbocycles. The number of nitrogens with two attached hydrogens (primary N) is 1. The van der Waals surface area contributed by atoms with Crippen LogP contribution in [-0.4, -0.2) is 18.5 Å². The SMILES string of the molecule is CCC(NC(=O)C1(CN)CCCCC1)C(C)C. The number of amides is 1. The Kier molecular flexibility index (Phi) is 5.44. The summed E-state index contributed by atoms with van der Waals surface area (Å²) in [6, 6.07) is 0.285. The summed E-state index contributed by atoms with van der Waals surface area (Å²) in [5.41, 5.74) is 5.59. The first kappa shape index (κ1) is 14.5. The average Bonchev–Trinajstić information content (AvgIpc) is 2.35. The van der Waals surface area contributed by atoms with E-state index in [4.69, 9.17) is 5.73 Å². The molecule has 0 heterocycles. The normalized spacial score (nSPS) is 21.2. The Morgan fingerprint density at radius 3 is 2.29 bits per heavy atom. The van der Waals surface area contributed by atoms with Crippen molar-refractivity contribution >= 4 is 5.91 Å². The van der Waals surface area contributed by atoms with E-state index >= 15 is 0 Å². The monoisotopic (exact) mass is 240 g/mol. The van der Waals surface area contributed by atoms with Crippen molar-refractivity contribution in [3.05, 3.63) is 0 Å². The van der Waals surface area contributed by atoms with E-state index in [0.717, 1.165) is 32.1 Å². The fraction of sp³-hybridized carbons (Fsp3) is 0.929. The lowest BCUT2D eigenvalue weighted by molar-refractivity contribution is -0.133. The summed E-state index contributed by atoms with van der Waals surface area (Å²) in [5, 5.41) is 3.21. The Morgan fingerprint density at radius 1 is 1.29 bits per heavy atom. The van der Waals surface area contributed by atoms with E-state index in [0.29, 0.717) is 12.5 Å². The summed E-state index contributed by atoms with van der Waals surface area (Å²) in [6.07, 6.45) is 6.44. The summed E-state index contributed by atoms with van der Waals surface area (Å²) in [7, 11) is 0. The minimum Gasteiger partial charge on any atom is -0.353 e. The van der Waals surface area contributed by atoms with Crippen molar-refractivity contribution in [3.63, 3.8) is 0 Å². The molecule has 1 saturated carbocycles. The van der Waals surface area contributed by atoms with E-state index in [1.807, 2.05) is 0 Å². The highest BCUT2D eigenvalue weighted by Gasteiger charge is 2.38. The van der Waals surface area contributed by atoms with Gasteiger partial charge in [0.2, 0.25) is 5.91 Å². The molecule has 0 aromatic carbocycles. The molecule has 17 heavy (non-hydrogen) atoms. The van der Waals surface area contributed by atoms with Crippen LogP contribution in [0.25, 0.3) is 0 Å². The van der Waals surface area contributed by atoms with Crippen LogP contribution in [0.15, 0.2) is 0 Å². The van der Waals surface area contributed by atoms with Crippen molar-refractivity contribution < 1.29 is 4.79 Å². The molecule has 1 unspecified atom stereocenters. The van der Waals surface area contributed by atoms with Crippen molar-refractivity contribution in [2.24, 2.45) is 17.1 Å². The molecular weight excluding hydrogens is 212 g/mol. The Hall–Kier alpha value is -0.570. The van der Waals surface area contributed by atoms with Gasteiger partial charge < -0.3 is 11.1 Å². The summed E-state index contributed by atoms with van der Waals surface area (Å²) >= 11 is 0. The molecule has 3 nitrogen and oxygen atoms in total. The number of carbonyl (C=O) groups excluding carboxylic acids is 1. The van der Waals surface area contributed by atoms with Gasteiger partial charge in [0.25, 0.3) is 0 Å². The molecule has 0 aliphatic heterocycles. The van der Waals surface area contributed by atoms with Gasteiger partial charge in [-0.25, -0.2) is 0 Å². The molecular formula is C14H28N2O. The first-order chi connectivity index (χ1) is 8.05. The zero-order valence-electron chi connectivity index (χ0n) is 11.6. The molecule has 1 aliphatic rings. The second-order valence-electron chi connectivity index (χ2n) is 5.78. The van der Waals surface area contributed by atoms with E-state index in [2.05, 4.69) is 26.1 Å². The van der Waals surface area contributed by atoms with Crippen molar-refractivity contribution in [1.82, 2.24) is 5.32 Å². The molecule has 0 aromatic rings. The number of rotatable bonds is 5. The van der Waals surface area contributed by atoms with Crippen LogP contribution < -0.4 is 11.1 Å². The third kappa shape index (κ3) is 3.44. The van der Waals surface area contributed by atoms with Crippen LogP contribution in [0.3, 0.4) is 0 Å². The second-order valence-corrected chi connectivity index (χ2v) is 5.78. The van der Waals surface area contributed by atoms with Crippen molar-refractivity contribution in [2.75, 3.05) is 6.54 Å². The van der Waals surface area contributed by atoms with Gasteiger partial charge in [-0.05, 0) is 25.2 Å². The van der Waals surface area contributed by atoms with Gasteiger partial charge >= 0.3 is 0 Å². The topological polar surface area (TPSA) is 55.1 Å². The lowest BCUT2D eigenvalue weighted by Crippen LogP contribution is -2.51. The Labute approximate surface area is 106 Å². The molecule has 100 valence electrons. The molecule has 0 saturated heterocycles. The van der Waals surface area contributed by atoms with Gasteiger partial charge in [0.05, 0.1) is 5.41 Å². The maximum Gasteiger partial charge on any atom is 0.227 e. The fourth-order valence-electron chi connectivity index (χ4n) is 2.81. The van der Waals surface area contributed by atoms with Crippen LogP contribution in [0.4, 0.5) is 0 Å². The second kappa shape index (κ2) is 6.39. The van der Waals surface area contributed by atoms with Crippen LogP contribution in [0.1, 0.15) is 59.3 Å². The number of hydrogen-bond acceptors (Lipinski definition) is 2. The third-order valence-electron chi connectivity index (χ3n) is 4.24. The Balaban J connectivity index is 2.65. The molecule has 0 radical (unpaired) electrons. The lowest BCUT2D eigenvalue weighted by atomic mass is 9.73. The van der Waals surface area contributed by atoms with E-state index < -0.39 is 0 Å². The molecule has 1 fully saturated rings. The number of hydrogen-bond donors (Lipinski definition) is 2. The van der Waals surface area contributed by atoms with Gasteiger partial charge in [-0.1, -0.05) is 40.0 Å². The van der Waals surface area contributed by atoms with E-state index in [9.17, 15) is 4.79 Å². The largest absolute Gasteiger partial charge is 0.353 e. The number of nitrogens with one attached hydrogen (secondary N) is 1.